The van der Waals surface area contributed by atoms with E-state index in [1.165, 1.54) is 4.57 Å². The molecule has 2 aromatic rings. The number of carbonyl (C=O) groups excluding carboxylic acids is 2. The second-order valence-electron chi connectivity index (χ2n) is 8.84. The van der Waals surface area contributed by atoms with Gasteiger partial charge in [0.15, 0.2) is 5.58 Å². The van der Waals surface area contributed by atoms with Crippen LogP contribution in [0.4, 0.5) is 4.79 Å². The van der Waals surface area contributed by atoms with Gasteiger partial charge in [0.05, 0.1) is 5.52 Å². The van der Waals surface area contributed by atoms with Crippen LogP contribution in [0.1, 0.15) is 40.2 Å². The van der Waals surface area contributed by atoms with Gasteiger partial charge in [0.1, 0.15) is 11.6 Å². The number of aromatic nitrogens is 1. The Morgan fingerprint density at radius 3 is 2.52 bits per heavy atom. The van der Waals surface area contributed by atoms with E-state index < -0.39 is 17.4 Å². The summed E-state index contributed by atoms with van der Waals surface area (Å²) in [6, 6.07) is 6.41. The van der Waals surface area contributed by atoms with Crippen molar-refractivity contribution in [2.24, 2.45) is 0 Å². The second-order valence-corrected chi connectivity index (χ2v) is 8.84. The molecule has 0 spiro atoms. The first kappa shape index (κ1) is 22.9. The van der Waals surface area contributed by atoms with Gasteiger partial charge in [-0.15, -0.1) is 0 Å². The van der Waals surface area contributed by atoms with Crippen molar-refractivity contribution in [3.63, 3.8) is 0 Å². The maximum Gasteiger partial charge on any atom is 0.420 e. The molecule has 1 saturated heterocycles. The highest BCUT2D eigenvalue weighted by Crippen LogP contribution is 2.16. The Morgan fingerprint density at radius 2 is 1.84 bits per heavy atom. The zero-order valence-electron chi connectivity index (χ0n) is 18.7. The van der Waals surface area contributed by atoms with Gasteiger partial charge in [-0.05, 0) is 52.8 Å². The maximum absolute atomic E-state index is 12.5. The molecule has 1 aliphatic rings. The molecular formula is C22H32N4O5. The number of nitrogens with one attached hydrogen (secondary N) is 1. The van der Waals surface area contributed by atoms with Crippen LogP contribution in [0.5, 0.6) is 0 Å². The summed E-state index contributed by atoms with van der Waals surface area (Å²) in [4.78, 5) is 40.8. The molecule has 31 heavy (non-hydrogen) atoms. The number of nitrogens with zero attached hydrogens (tertiary/aromatic N) is 3. The first-order valence-corrected chi connectivity index (χ1v) is 10.7. The minimum Gasteiger partial charge on any atom is -0.444 e. The van der Waals surface area contributed by atoms with Crippen LogP contribution in [-0.4, -0.2) is 71.2 Å². The highest BCUT2D eigenvalue weighted by molar-refractivity contribution is 5.82. The van der Waals surface area contributed by atoms with Gasteiger partial charge in [-0.1, -0.05) is 12.1 Å². The monoisotopic (exact) mass is 432 g/mol. The number of rotatable bonds is 6. The summed E-state index contributed by atoms with van der Waals surface area (Å²) < 4.78 is 12.0. The molecule has 0 saturated carbocycles. The molecule has 3 rings (SSSR count). The van der Waals surface area contributed by atoms with E-state index in [9.17, 15) is 14.4 Å². The molecule has 1 aromatic heterocycles. The Balaban J connectivity index is 1.40. The molecule has 1 aromatic carbocycles. The standard InChI is InChI=1S/C22H32N4O5/c1-16(26-17-8-5-6-9-18(17)30-21(26)29)19(27)23-10-7-11-24-12-14-25(15-13-24)20(28)31-22(2,3)4/h5-6,8-9,16H,7,10-15H2,1-4H3,(H,23,27). The number of fused-ring (bicyclic) bond motifs is 1. The number of oxazole rings is 1. The Morgan fingerprint density at radius 1 is 1.16 bits per heavy atom. The molecule has 0 aliphatic carbocycles. The molecule has 2 heterocycles. The fourth-order valence-electron chi connectivity index (χ4n) is 3.61. The van der Waals surface area contributed by atoms with Crippen molar-refractivity contribution < 1.29 is 18.7 Å². The largest absolute Gasteiger partial charge is 0.444 e. The molecule has 1 unspecified atom stereocenters. The number of hydrogen-bond acceptors (Lipinski definition) is 6. The Labute approximate surface area is 181 Å². The van der Waals surface area contributed by atoms with Crippen molar-refractivity contribution in [3.8, 4) is 0 Å². The van der Waals surface area contributed by atoms with Crippen molar-refractivity contribution in [3.05, 3.63) is 34.8 Å². The van der Waals surface area contributed by atoms with Gasteiger partial charge in [-0.25, -0.2) is 9.59 Å². The molecule has 1 aliphatic heterocycles. The lowest BCUT2D eigenvalue weighted by Gasteiger charge is -2.35. The molecular weight excluding hydrogens is 400 g/mol. The van der Waals surface area contributed by atoms with Crippen molar-refractivity contribution in [1.29, 1.82) is 0 Å². The summed E-state index contributed by atoms with van der Waals surface area (Å²) >= 11 is 0. The topological polar surface area (TPSA) is 97.0 Å². The van der Waals surface area contributed by atoms with Gasteiger partial charge in [-0.3, -0.25) is 14.3 Å². The van der Waals surface area contributed by atoms with Crippen LogP contribution in [-0.2, 0) is 9.53 Å². The van der Waals surface area contributed by atoms with E-state index in [1.54, 1.807) is 36.1 Å². The Bertz CT molecular complexity index is 966. The van der Waals surface area contributed by atoms with Crippen molar-refractivity contribution in [2.75, 3.05) is 39.3 Å². The molecule has 2 amide bonds. The van der Waals surface area contributed by atoms with E-state index in [1.807, 2.05) is 20.8 Å². The number of hydrogen-bond donors (Lipinski definition) is 1. The highest BCUT2D eigenvalue weighted by Gasteiger charge is 2.26. The van der Waals surface area contributed by atoms with Gasteiger partial charge in [0.2, 0.25) is 5.91 Å². The summed E-state index contributed by atoms with van der Waals surface area (Å²) in [5.41, 5.74) is 0.591. The third-order valence-electron chi connectivity index (χ3n) is 5.26. The average Bonchev–Trinajstić information content (AvgIpc) is 3.05. The summed E-state index contributed by atoms with van der Waals surface area (Å²) in [5.74, 6) is -0.755. The first-order chi connectivity index (χ1) is 14.7. The van der Waals surface area contributed by atoms with E-state index in [0.717, 1.165) is 26.1 Å². The maximum atomic E-state index is 12.5. The van der Waals surface area contributed by atoms with E-state index in [0.29, 0.717) is 30.7 Å². The van der Waals surface area contributed by atoms with Gasteiger partial charge in [0, 0.05) is 32.7 Å². The Kier molecular flexibility index (Phi) is 7.04. The van der Waals surface area contributed by atoms with E-state index in [4.69, 9.17) is 9.15 Å². The third-order valence-corrected chi connectivity index (χ3v) is 5.26. The first-order valence-electron chi connectivity index (χ1n) is 10.7. The Hall–Kier alpha value is -2.81. The number of piperazine rings is 1. The molecule has 1 fully saturated rings. The number of para-hydroxylation sites is 2. The smallest absolute Gasteiger partial charge is 0.420 e. The molecule has 9 heteroatoms. The summed E-state index contributed by atoms with van der Waals surface area (Å²) in [7, 11) is 0. The molecule has 170 valence electrons. The summed E-state index contributed by atoms with van der Waals surface area (Å²) in [5, 5.41) is 2.90. The zero-order chi connectivity index (χ0) is 22.6. The average molecular weight is 433 g/mol. The minimum absolute atomic E-state index is 0.219. The van der Waals surface area contributed by atoms with E-state index >= 15 is 0 Å². The zero-order valence-corrected chi connectivity index (χ0v) is 18.7. The lowest BCUT2D eigenvalue weighted by Crippen LogP contribution is -2.50. The third kappa shape index (κ3) is 5.88. The van der Waals surface area contributed by atoms with Gasteiger partial charge < -0.3 is 19.4 Å². The van der Waals surface area contributed by atoms with E-state index in [2.05, 4.69) is 10.2 Å². The minimum atomic E-state index is -0.659. The van der Waals surface area contributed by atoms with Crippen molar-refractivity contribution >= 4 is 23.1 Å². The fourth-order valence-corrected chi connectivity index (χ4v) is 3.61. The molecule has 0 radical (unpaired) electrons. The lowest BCUT2D eigenvalue weighted by atomic mass is 10.2. The van der Waals surface area contributed by atoms with Crippen LogP contribution in [0.25, 0.3) is 11.1 Å². The predicted molar refractivity (Wildman–Crippen MR) is 117 cm³/mol. The van der Waals surface area contributed by atoms with Crippen molar-refractivity contribution in [1.82, 2.24) is 19.7 Å². The van der Waals surface area contributed by atoms with Crippen LogP contribution in [0, 0.1) is 0 Å². The predicted octanol–water partition coefficient (Wildman–Crippen LogP) is 2.21. The number of carbonyl (C=O) groups is 2. The van der Waals surface area contributed by atoms with Gasteiger partial charge in [-0.2, -0.15) is 0 Å². The molecule has 0 bridgehead atoms. The second kappa shape index (κ2) is 9.55. The number of amides is 2. The molecule has 1 N–H and O–H groups in total. The quantitative estimate of drug-likeness (QED) is 0.703. The SMILES string of the molecule is CC(C(=O)NCCCN1CCN(C(=O)OC(C)(C)C)CC1)n1c(=O)oc2ccccc21. The van der Waals surface area contributed by atoms with Gasteiger partial charge >= 0.3 is 11.8 Å². The fraction of sp³-hybridized carbons (Fsp3) is 0.591. The molecule has 1 atom stereocenters. The highest BCUT2D eigenvalue weighted by atomic mass is 16.6. The summed E-state index contributed by atoms with van der Waals surface area (Å²) in [6.45, 7) is 11.4. The lowest BCUT2D eigenvalue weighted by molar-refractivity contribution is -0.123. The summed E-state index contributed by atoms with van der Waals surface area (Å²) in [6.07, 6.45) is 0.516. The van der Waals surface area contributed by atoms with Gasteiger partial charge in [0.25, 0.3) is 0 Å². The van der Waals surface area contributed by atoms with Crippen LogP contribution >= 0.6 is 0 Å². The van der Waals surface area contributed by atoms with Crippen LogP contribution in [0.3, 0.4) is 0 Å². The van der Waals surface area contributed by atoms with Crippen LogP contribution < -0.4 is 11.1 Å². The molecule has 9 nitrogen and oxygen atoms in total. The van der Waals surface area contributed by atoms with Crippen LogP contribution in [0.2, 0.25) is 0 Å². The van der Waals surface area contributed by atoms with E-state index in [-0.39, 0.29) is 12.0 Å². The van der Waals surface area contributed by atoms with Crippen molar-refractivity contribution in [2.45, 2.75) is 45.8 Å². The number of ether oxygens (including phenoxy) is 1. The normalized spacial score (nSPS) is 16.3. The van der Waals surface area contributed by atoms with Crippen LogP contribution in [0.15, 0.2) is 33.5 Å². The number of benzene rings is 1.